The number of rotatable bonds is 5. The van der Waals surface area contributed by atoms with Crippen molar-refractivity contribution in [3.8, 4) is 22.8 Å². The Morgan fingerprint density at radius 2 is 1.66 bits per heavy atom. The van der Waals surface area contributed by atoms with Gasteiger partial charge in [0, 0.05) is 23.3 Å². The van der Waals surface area contributed by atoms with E-state index in [1.807, 2.05) is 49.4 Å². The van der Waals surface area contributed by atoms with Crippen molar-refractivity contribution in [1.82, 2.24) is 4.98 Å². The second-order valence-corrected chi connectivity index (χ2v) is 7.30. The second-order valence-electron chi connectivity index (χ2n) is 7.30. The van der Waals surface area contributed by atoms with Crippen LogP contribution in [0.3, 0.4) is 0 Å². The third kappa shape index (κ3) is 3.91. The smallest absolute Gasteiger partial charge is 0.269 e. The number of aryl methyl sites for hydroxylation is 1. The van der Waals surface area contributed by atoms with Gasteiger partial charge in [-0.1, -0.05) is 17.7 Å². The molecule has 0 aliphatic carbocycles. The number of nitro benzene ring substituents is 1. The third-order valence-electron chi connectivity index (χ3n) is 5.00. The Balaban J connectivity index is 1.35. The van der Waals surface area contributed by atoms with E-state index in [1.54, 1.807) is 30.5 Å². The van der Waals surface area contributed by atoms with Crippen LogP contribution < -0.4 is 0 Å². The molecule has 0 aliphatic heterocycles. The zero-order valence-corrected chi connectivity index (χ0v) is 17.1. The Hall–Kier alpha value is -4.52. The quantitative estimate of drug-likeness (QED) is 0.178. The Morgan fingerprint density at radius 1 is 0.906 bits per heavy atom. The number of oxazole rings is 1. The molecule has 0 N–H and O–H groups in total. The Morgan fingerprint density at radius 3 is 2.41 bits per heavy atom. The molecule has 156 valence electrons. The highest BCUT2D eigenvalue weighted by atomic mass is 16.6. The van der Waals surface area contributed by atoms with Gasteiger partial charge in [-0.2, -0.15) is 0 Å². The fourth-order valence-corrected chi connectivity index (χ4v) is 3.28. The molecule has 0 saturated heterocycles. The van der Waals surface area contributed by atoms with Gasteiger partial charge in [0.15, 0.2) is 5.58 Å². The zero-order chi connectivity index (χ0) is 22.1. The summed E-state index contributed by atoms with van der Waals surface area (Å²) < 4.78 is 11.7. The van der Waals surface area contributed by atoms with E-state index in [0.717, 1.165) is 22.3 Å². The maximum atomic E-state index is 10.8. The summed E-state index contributed by atoms with van der Waals surface area (Å²) in [6.45, 7) is 2.04. The molecule has 0 amide bonds. The van der Waals surface area contributed by atoms with Crippen LogP contribution in [0.1, 0.15) is 11.3 Å². The summed E-state index contributed by atoms with van der Waals surface area (Å²) in [5.74, 6) is 1.75. The van der Waals surface area contributed by atoms with Crippen LogP contribution in [0.5, 0.6) is 0 Å². The molecule has 7 heteroatoms. The van der Waals surface area contributed by atoms with Gasteiger partial charge in [0.05, 0.1) is 16.8 Å². The Bertz CT molecular complexity index is 1450. The first-order valence-corrected chi connectivity index (χ1v) is 9.91. The molecule has 0 saturated carbocycles. The van der Waals surface area contributed by atoms with Gasteiger partial charge in [-0.05, 0) is 61.5 Å². The summed E-state index contributed by atoms with van der Waals surface area (Å²) >= 11 is 0. The fraction of sp³-hybridized carbons (Fsp3) is 0.0400. The van der Waals surface area contributed by atoms with Crippen LogP contribution in [0.25, 0.3) is 33.9 Å². The van der Waals surface area contributed by atoms with E-state index in [2.05, 4.69) is 9.98 Å². The maximum Gasteiger partial charge on any atom is 0.269 e. The number of aromatic nitrogens is 1. The standard InChI is InChI=1S/C25H17N3O4/c1-16-2-4-18(5-3-16)25-27-22-14-19(8-12-24(22)32-25)26-15-21-11-13-23(31-21)17-6-9-20(10-7-17)28(29)30/h2-15H,1H3. The van der Waals surface area contributed by atoms with Gasteiger partial charge in [0.25, 0.3) is 5.69 Å². The summed E-state index contributed by atoms with van der Waals surface area (Å²) in [5.41, 5.74) is 5.02. The van der Waals surface area contributed by atoms with Crippen LogP contribution in [0.2, 0.25) is 0 Å². The summed E-state index contributed by atoms with van der Waals surface area (Å²) in [6, 6.07) is 23.4. The van der Waals surface area contributed by atoms with Crippen molar-refractivity contribution in [2.24, 2.45) is 4.99 Å². The highest BCUT2D eigenvalue weighted by Crippen LogP contribution is 2.28. The summed E-state index contributed by atoms with van der Waals surface area (Å²) in [7, 11) is 0. The molecular formula is C25H17N3O4. The van der Waals surface area contributed by atoms with E-state index in [-0.39, 0.29) is 5.69 Å². The highest BCUT2D eigenvalue weighted by Gasteiger charge is 2.10. The molecule has 3 aromatic carbocycles. The van der Waals surface area contributed by atoms with Crippen molar-refractivity contribution >= 4 is 28.7 Å². The van der Waals surface area contributed by atoms with Gasteiger partial charge < -0.3 is 8.83 Å². The van der Waals surface area contributed by atoms with E-state index in [9.17, 15) is 10.1 Å². The van der Waals surface area contributed by atoms with E-state index >= 15 is 0 Å². The third-order valence-corrected chi connectivity index (χ3v) is 5.00. The van der Waals surface area contributed by atoms with Crippen molar-refractivity contribution in [3.05, 3.63) is 100 Å². The van der Waals surface area contributed by atoms with E-state index in [0.29, 0.717) is 23.0 Å². The first-order chi connectivity index (χ1) is 15.5. The lowest BCUT2D eigenvalue weighted by Crippen LogP contribution is -1.86. The fourth-order valence-electron chi connectivity index (χ4n) is 3.28. The SMILES string of the molecule is Cc1ccc(-c2nc3cc(N=Cc4ccc(-c5ccc([N+](=O)[O-])cc5)o4)ccc3o2)cc1. The molecule has 5 rings (SSSR count). The minimum atomic E-state index is -0.431. The van der Waals surface area contributed by atoms with Crippen molar-refractivity contribution < 1.29 is 13.8 Å². The van der Waals surface area contributed by atoms with Crippen molar-refractivity contribution in [3.63, 3.8) is 0 Å². The predicted octanol–water partition coefficient (Wildman–Crippen LogP) is 6.72. The molecule has 2 heterocycles. The summed E-state index contributed by atoms with van der Waals surface area (Å²) in [5, 5.41) is 10.8. The monoisotopic (exact) mass is 423 g/mol. The van der Waals surface area contributed by atoms with Crippen LogP contribution in [0, 0.1) is 17.0 Å². The lowest BCUT2D eigenvalue weighted by molar-refractivity contribution is -0.384. The lowest BCUT2D eigenvalue weighted by Gasteiger charge is -1.96. The van der Waals surface area contributed by atoms with Crippen LogP contribution in [0.4, 0.5) is 11.4 Å². The predicted molar refractivity (Wildman–Crippen MR) is 122 cm³/mol. The molecule has 0 spiro atoms. The van der Waals surface area contributed by atoms with Gasteiger partial charge >= 0.3 is 0 Å². The van der Waals surface area contributed by atoms with E-state index in [1.165, 1.54) is 17.7 Å². The Kier molecular flexibility index (Phi) is 4.84. The Labute approximate surface area is 182 Å². The van der Waals surface area contributed by atoms with Crippen molar-refractivity contribution in [1.29, 1.82) is 0 Å². The molecule has 0 unspecified atom stereocenters. The van der Waals surface area contributed by atoms with E-state index < -0.39 is 4.92 Å². The maximum absolute atomic E-state index is 10.8. The molecular weight excluding hydrogens is 406 g/mol. The molecule has 2 aromatic heterocycles. The zero-order valence-electron chi connectivity index (χ0n) is 17.1. The minimum absolute atomic E-state index is 0.0378. The number of aliphatic imine (C=N–C) groups is 1. The second kappa shape index (κ2) is 7.96. The first kappa shape index (κ1) is 19.4. The molecule has 0 aliphatic rings. The summed E-state index contributed by atoms with van der Waals surface area (Å²) in [6.07, 6.45) is 1.62. The normalized spacial score (nSPS) is 11.4. The molecule has 5 aromatic rings. The number of benzene rings is 3. The van der Waals surface area contributed by atoms with Gasteiger partial charge in [-0.3, -0.25) is 15.1 Å². The number of fused-ring (bicyclic) bond motifs is 1. The van der Waals surface area contributed by atoms with Gasteiger partial charge in [0.2, 0.25) is 5.89 Å². The van der Waals surface area contributed by atoms with Crippen LogP contribution in [-0.2, 0) is 0 Å². The first-order valence-electron chi connectivity index (χ1n) is 9.91. The van der Waals surface area contributed by atoms with Crippen LogP contribution in [-0.4, -0.2) is 16.1 Å². The molecule has 0 bridgehead atoms. The van der Waals surface area contributed by atoms with Gasteiger partial charge in [-0.15, -0.1) is 0 Å². The topological polar surface area (TPSA) is 94.7 Å². The number of non-ortho nitro benzene ring substituents is 1. The molecule has 0 fully saturated rings. The number of nitro groups is 1. The van der Waals surface area contributed by atoms with Crippen LogP contribution >= 0.6 is 0 Å². The van der Waals surface area contributed by atoms with Gasteiger partial charge in [-0.25, -0.2) is 4.98 Å². The number of hydrogen-bond acceptors (Lipinski definition) is 6. The van der Waals surface area contributed by atoms with Crippen LogP contribution in [0.15, 0.2) is 92.7 Å². The minimum Gasteiger partial charge on any atom is -0.455 e. The number of nitrogens with zero attached hydrogens (tertiary/aromatic N) is 3. The van der Waals surface area contributed by atoms with E-state index in [4.69, 9.17) is 8.83 Å². The van der Waals surface area contributed by atoms with Gasteiger partial charge in [0.1, 0.15) is 17.0 Å². The highest BCUT2D eigenvalue weighted by molar-refractivity contribution is 5.83. The average Bonchev–Trinajstić information content (AvgIpc) is 3.45. The largest absolute Gasteiger partial charge is 0.455 e. The average molecular weight is 423 g/mol. The molecule has 0 radical (unpaired) electrons. The van der Waals surface area contributed by atoms with Crippen molar-refractivity contribution in [2.75, 3.05) is 0 Å². The van der Waals surface area contributed by atoms with Crippen molar-refractivity contribution in [2.45, 2.75) is 6.92 Å². The summed E-state index contributed by atoms with van der Waals surface area (Å²) in [4.78, 5) is 19.4. The lowest BCUT2D eigenvalue weighted by atomic mass is 10.1. The number of furan rings is 1. The number of hydrogen-bond donors (Lipinski definition) is 0. The molecule has 32 heavy (non-hydrogen) atoms. The molecule has 7 nitrogen and oxygen atoms in total. The molecule has 0 atom stereocenters.